The maximum absolute atomic E-state index is 11.9. The van der Waals surface area contributed by atoms with Crippen LogP contribution in [0.3, 0.4) is 0 Å². The van der Waals surface area contributed by atoms with Crippen molar-refractivity contribution in [2.75, 3.05) is 34.3 Å². The number of likely N-dealkylation sites (N-methyl/N-ethyl adjacent to an activating group) is 1. The van der Waals surface area contributed by atoms with Crippen LogP contribution in [0.25, 0.3) is 0 Å². The molecule has 1 fully saturated rings. The Morgan fingerprint density at radius 2 is 2.15 bits per heavy atom. The highest BCUT2D eigenvalue weighted by atomic mass is 16.5. The Hall–Kier alpha value is -2.02. The second kappa shape index (κ2) is 9.78. The van der Waals surface area contributed by atoms with Gasteiger partial charge in [0.1, 0.15) is 12.3 Å². The Bertz CT molecular complexity index is 609. The van der Waals surface area contributed by atoms with Crippen LogP contribution >= 0.6 is 0 Å². The average Bonchev–Trinajstić information content (AvgIpc) is 3.16. The molecule has 0 aliphatic heterocycles. The molecule has 2 rings (SSSR count). The van der Waals surface area contributed by atoms with Crippen molar-refractivity contribution in [2.24, 2.45) is 10.4 Å². The summed E-state index contributed by atoms with van der Waals surface area (Å²) >= 11 is 0. The summed E-state index contributed by atoms with van der Waals surface area (Å²) in [6, 6.07) is 4.12. The third kappa shape index (κ3) is 5.03. The van der Waals surface area contributed by atoms with Gasteiger partial charge in [-0.1, -0.05) is 13.8 Å². The summed E-state index contributed by atoms with van der Waals surface area (Å²) in [7, 11) is 5.26. The smallest absolute Gasteiger partial charge is 0.243 e. The standard InChI is InChI=1S/C20H34N4O3/c1-6-20(7-2)16(13-17(20)26-5)23-19(22-14-18(25)24(3)4)21-11-10-15-9-8-12-27-15/h8-9,12,16-17H,6-7,10-11,13-14H2,1-5H3,(H2,21,22,23). The van der Waals surface area contributed by atoms with E-state index in [-0.39, 0.29) is 30.0 Å². The van der Waals surface area contributed by atoms with E-state index in [0.717, 1.165) is 31.4 Å². The van der Waals surface area contributed by atoms with Crippen LogP contribution in [0.15, 0.2) is 27.8 Å². The Labute approximate surface area is 162 Å². The first-order valence-corrected chi connectivity index (χ1v) is 9.77. The van der Waals surface area contributed by atoms with Gasteiger partial charge in [-0.25, -0.2) is 4.99 Å². The lowest BCUT2D eigenvalue weighted by Crippen LogP contribution is -2.65. The minimum Gasteiger partial charge on any atom is -0.469 e. The first-order valence-electron chi connectivity index (χ1n) is 9.77. The lowest BCUT2D eigenvalue weighted by molar-refractivity contribution is -0.127. The van der Waals surface area contributed by atoms with Crippen molar-refractivity contribution in [3.63, 3.8) is 0 Å². The van der Waals surface area contributed by atoms with Gasteiger partial charge in [0, 0.05) is 45.6 Å². The molecule has 152 valence electrons. The highest BCUT2D eigenvalue weighted by molar-refractivity contribution is 5.85. The molecule has 1 amide bonds. The van der Waals surface area contributed by atoms with Gasteiger partial charge in [-0.15, -0.1) is 0 Å². The van der Waals surface area contributed by atoms with E-state index in [1.54, 1.807) is 32.4 Å². The molecule has 1 aromatic heterocycles. The van der Waals surface area contributed by atoms with Crippen molar-refractivity contribution in [3.05, 3.63) is 24.2 Å². The lowest BCUT2D eigenvalue weighted by atomic mass is 9.58. The number of carbonyl (C=O) groups excluding carboxylic acids is 1. The Balaban J connectivity index is 2.02. The van der Waals surface area contributed by atoms with E-state index in [1.807, 2.05) is 12.1 Å². The number of carbonyl (C=O) groups is 1. The Morgan fingerprint density at radius 1 is 1.41 bits per heavy atom. The van der Waals surface area contributed by atoms with Gasteiger partial charge >= 0.3 is 0 Å². The molecule has 0 saturated heterocycles. The molecule has 0 radical (unpaired) electrons. The predicted octanol–water partition coefficient (Wildman–Crippen LogP) is 2.04. The zero-order valence-electron chi connectivity index (χ0n) is 17.2. The highest BCUT2D eigenvalue weighted by Gasteiger charge is 2.53. The van der Waals surface area contributed by atoms with E-state index in [9.17, 15) is 4.79 Å². The molecule has 7 heteroatoms. The second-order valence-corrected chi connectivity index (χ2v) is 7.31. The summed E-state index contributed by atoms with van der Waals surface area (Å²) in [6.07, 6.45) is 5.71. The first-order chi connectivity index (χ1) is 13.0. The normalized spacial score (nSPS) is 21.4. The van der Waals surface area contributed by atoms with E-state index in [1.165, 1.54) is 0 Å². The molecular formula is C20H34N4O3. The fraction of sp³-hybridized carbons (Fsp3) is 0.700. The van der Waals surface area contributed by atoms with Crippen LogP contribution in [0.2, 0.25) is 0 Å². The first kappa shape index (κ1) is 21.3. The van der Waals surface area contributed by atoms with Gasteiger partial charge < -0.3 is 24.7 Å². The SMILES string of the molecule is CCC1(CC)C(NC(=NCC(=O)N(C)C)NCCc2ccco2)CC1OC. The van der Waals surface area contributed by atoms with Gasteiger partial charge in [0.2, 0.25) is 5.91 Å². The van der Waals surface area contributed by atoms with E-state index in [2.05, 4.69) is 29.5 Å². The van der Waals surface area contributed by atoms with Crippen LogP contribution < -0.4 is 10.6 Å². The van der Waals surface area contributed by atoms with E-state index in [4.69, 9.17) is 9.15 Å². The highest BCUT2D eigenvalue weighted by Crippen LogP contribution is 2.48. The number of hydrogen-bond acceptors (Lipinski definition) is 4. The van der Waals surface area contributed by atoms with Crippen molar-refractivity contribution in [3.8, 4) is 0 Å². The monoisotopic (exact) mass is 378 g/mol. The summed E-state index contributed by atoms with van der Waals surface area (Å²) in [5.74, 6) is 1.57. The molecule has 1 aromatic rings. The van der Waals surface area contributed by atoms with Gasteiger partial charge in [-0.05, 0) is 31.4 Å². The van der Waals surface area contributed by atoms with Crippen LogP contribution in [-0.2, 0) is 16.0 Å². The minimum atomic E-state index is -0.0252. The van der Waals surface area contributed by atoms with Crippen molar-refractivity contribution in [1.29, 1.82) is 0 Å². The van der Waals surface area contributed by atoms with E-state index in [0.29, 0.717) is 12.5 Å². The zero-order valence-corrected chi connectivity index (χ0v) is 17.2. The number of nitrogens with zero attached hydrogens (tertiary/aromatic N) is 2. The lowest BCUT2D eigenvalue weighted by Gasteiger charge is -2.55. The summed E-state index contributed by atoms with van der Waals surface area (Å²) in [5, 5.41) is 6.88. The van der Waals surface area contributed by atoms with Crippen LogP contribution in [0.4, 0.5) is 0 Å². The van der Waals surface area contributed by atoms with Gasteiger partial charge in [-0.3, -0.25) is 4.79 Å². The van der Waals surface area contributed by atoms with Gasteiger partial charge in [-0.2, -0.15) is 0 Å². The van der Waals surface area contributed by atoms with Gasteiger partial charge in [0.05, 0.1) is 12.4 Å². The Kier molecular flexibility index (Phi) is 7.71. The fourth-order valence-electron chi connectivity index (χ4n) is 3.84. The molecule has 2 atom stereocenters. The average molecular weight is 379 g/mol. The predicted molar refractivity (Wildman–Crippen MR) is 107 cm³/mol. The molecule has 2 unspecified atom stereocenters. The number of hydrogen-bond donors (Lipinski definition) is 2. The molecule has 27 heavy (non-hydrogen) atoms. The molecule has 2 N–H and O–H groups in total. The van der Waals surface area contributed by atoms with Crippen molar-refractivity contribution >= 4 is 11.9 Å². The maximum Gasteiger partial charge on any atom is 0.243 e. The number of amides is 1. The van der Waals surface area contributed by atoms with Crippen LogP contribution in [0, 0.1) is 5.41 Å². The summed E-state index contributed by atoms with van der Waals surface area (Å²) in [5.41, 5.74) is 0.101. The van der Waals surface area contributed by atoms with Crippen LogP contribution in [0.1, 0.15) is 38.9 Å². The number of aliphatic imine (C=N–C) groups is 1. The number of ether oxygens (including phenoxy) is 1. The fourth-order valence-corrected chi connectivity index (χ4v) is 3.84. The molecule has 0 spiro atoms. The second-order valence-electron chi connectivity index (χ2n) is 7.31. The van der Waals surface area contributed by atoms with Crippen LogP contribution in [0.5, 0.6) is 0 Å². The zero-order chi connectivity index (χ0) is 19.9. The van der Waals surface area contributed by atoms with E-state index < -0.39 is 0 Å². The van der Waals surface area contributed by atoms with Gasteiger partial charge in [0.15, 0.2) is 5.96 Å². The van der Waals surface area contributed by atoms with Crippen molar-refractivity contribution in [2.45, 2.75) is 51.7 Å². The number of nitrogens with one attached hydrogen (secondary N) is 2. The molecule has 1 aliphatic carbocycles. The largest absolute Gasteiger partial charge is 0.469 e. The molecule has 0 bridgehead atoms. The maximum atomic E-state index is 11.9. The quantitative estimate of drug-likeness (QED) is 0.508. The topological polar surface area (TPSA) is 79.1 Å². The summed E-state index contributed by atoms with van der Waals surface area (Å²) < 4.78 is 11.1. The Morgan fingerprint density at radius 3 is 2.70 bits per heavy atom. The third-order valence-electron chi connectivity index (χ3n) is 5.81. The minimum absolute atomic E-state index is 0.0252. The van der Waals surface area contributed by atoms with Crippen molar-refractivity contribution < 1.29 is 13.9 Å². The molecule has 1 aliphatic rings. The summed E-state index contributed by atoms with van der Waals surface area (Å²) in [6.45, 7) is 5.22. The molecule has 1 saturated carbocycles. The number of furan rings is 1. The third-order valence-corrected chi connectivity index (χ3v) is 5.81. The summed E-state index contributed by atoms with van der Waals surface area (Å²) in [4.78, 5) is 18.0. The molecular weight excluding hydrogens is 344 g/mol. The number of methoxy groups -OCH3 is 1. The molecule has 1 heterocycles. The van der Waals surface area contributed by atoms with Crippen molar-refractivity contribution in [1.82, 2.24) is 15.5 Å². The van der Waals surface area contributed by atoms with Gasteiger partial charge in [0.25, 0.3) is 0 Å². The molecule has 7 nitrogen and oxygen atoms in total. The van der Waals surface area contributed by atoms with Crippen LogP contribution in [-0.4, -0.2) is 63.2 Å². The number of rotatable bonds is 9. The molecule has 0 aromatic carbocycles. The number of guanidine groups is 1. The van der Waals surface area contributed by atoms with E-state index >= 15 is 0 Å².